The highest BCUT2D eigenvalue weighted by atomic mass is 19.4. The van der Waals surface area contributed by atoms with Gasteiger partial charge < -0.3 is 16.0 Å². The molecule has 9 rings (SSSR count). The Morgan fingerprint density at radius 2 is 1.07 bits per heavy atom. The van der Waals surface area contributed by atoms with Gasteiger partial charge in [0.1, 0.15) is 0 Å². The number of rotatable bonds is 10. The SMILES string of the molecule is O=C(N[C@H]1CC[C@H]2CN(Cc3cccc(C(F)(F)F)c3)C[C@H]21)C(C1CCCCC1)C1CCCCC1.O=C(N[C@H]1CC[C@H]2CNC[C@H]21)C(C1CCCCC1)C1CCCCC1. The smallest absolute Gasteiger partial charge is 0.353 e. The van der Waals surface area contributed by atoms with E-state index < -0.39 is 11.7 Å². The third-order valence-corrected chi connectivity index (χ3v) is 17.2. The second-order valence-electron chi connectivity index (χ2n) is 20.9. The number of carbonyl (C=O) groups excluding carboxylic acids is 2. The summed E-state index contributed by atoms with van der Waals surface area (Å²) < 4.78 is 39.4. The van der Waals surface area contributed by atoms with E-state index in [1.54, 1.807) is 6.07 Å². The van der Waals surface area contributed by atoms with Crippen molar-refractivity contribution in [2.75, 3.05) is 26.2 Å². The lowest BCUT2D eigenvalue weighted by atomic mass is 9.69. The van der Waals surface area contributed by atoms with Crippen molar-refractivity contribution >= 4 is 11.8 Å². The molecule has 330 valence electrons. The topological polar surface area (TPSA) is 73.5 Å². The summed E-state index contributed by atoms with van der Waals surface area (Å²) in [4.78, 5) is 29.4. The van der Waals surface area contributed by atoms with E-state index in [9.17, 15) is 22.8 Å². The fourth-order valence-corrected chi connectivity index (χ4v) is 14.3. The van der Waals surface area contributed by atoms with Crippen molar-refractivity contribution in [2.24, 2.45) is 59.2 Å². The maximum absolute atomic E-state index is 13.8. The predicted octanol–water partition coefficient (Wildman–Crippen LogP) is 10.7. The van der Waals surface area contributed by atoms with Crippen molar-refractivity contribution in [3.8, 4) is 0 Å². The van der Waals surface area contributed by atoms with E-state index in [1.807, 2.05) is 0 Å². The number of amides is 2. The Labute approximate surface area is 354 Å². The first-order valence-corrected chi connectivity index (χ1v) is 24.9. The van der Waals surface area contributed by atoms with Crippen LogP contribution in [0.2, 0.25) is 0 Å². The quantitative estimate of drug-likeness (QED) is 0.220. The number of hydrogen-bond donors (Lipinski definition) is 3. The van der Waals surface area contributed by atoms with Gasteiger partial charge in [-0.25, -0.2) is 0 Å². The van der Waals surface area contributed by atoms with Crippen LogP contribution in [-0.4, -0.2) is 55.0 Å². The molecule has 2 amide bonds. The van der Waals surface area contributed by atoms with E-state index in [2.05, 4.69) is 20.9 Å². The van der Waals surface area contributed by atoms with Gasteiger partial charge in [-0.3, -0.25) is 14.5 Å². The zero-order valence-electron chi connectivity index (χ0n) is 36.1. The molecule has 6 atom stereocenters. The van der Waals surface area contributed by atoms with Crippen LogP contribution in [0.15, 0.2) is 24.3 Å². The zero-order chi connectivity index (χ0) is 40.8. The molecule has 3 N–H and O–H groups in total. The van der Waals surface area contributed by atoms with Crippen LogP contribution < -0.4 is 16.0 Å². The Morgan fingerprint density at radius 1 is 0.593 bits per heavy atom. The van der Waals surface area contributed by atoms with E-state index in [0.717, 1.165) is 50.0 Å². The Bertz CT molecular complexity index is 1460. The molecular weight excluding hydrogens is 746 g/mol. The molecule has 2 heterocycles. The van der Waals surface area contributed by atoms with Crippen LogP contribution in [0.3, 0.4) is 0 Å². The number of likely N-dealkylation sites (tertiary alicyclic amines) is 1. The molecule has 0 bridgehead atoms. The van der Waals surface area contributed by atoms with E-state index in [1.165, 1.54) is 160 Å². The van der Waals surface area contributed by atoms with Gasteiger partial charge in [-0.1, -0.05) is 95.2 Å². The Hall–Kier alpha value is -2.13. The fraction of sp³-hybridized carbons (Fsp3) is 0.840. The van der Waals surface area contributed by atoms with Gasteiger partial charge in [-0.2, -0.15) is 13.2 Å². The van der Waals surface area contributed by atoms with Gasteiger partial charge in [-0.05, 0) is 143 Å². The lowest BCUT2D eigenvalue weighted by Gasteiger charge is -2.37. The standard InChI is InChI=1S/C29H41F3N2O.C21H36N2O/c30-29(31,32)24-13-7-8-20(16-24)17-34-18-23-14-15-26(25(23)19-34)33-28(35)27(21-9-3-1-4-10-21)22-11-5-2-6-12-22;24-21(23-19-12-11-17-13-22-14-18(17)19)20(15-7-3-1-4-8-15)16-9-5-2-6-10-16/h7-8,13,16,21-23,25-27H,1-6,9-12,14-15,17-19H2,(H,33,35);15-20,22H,1-14H2,(H,23,24)/t23-,25+,26-;17-,18+,19-/m00/s1. The van der Waals surface area contributed by atoms with Crippen molar-refractivity contribution in [3.05, 3.63) is 35.4 Å². The van der Waals surface area contributed by atoms with Gasteiger partial charge in [0.15, 0.2) is 0 Å². The summed E-state index contributed by atoms with van der Waals surface area (Å²) in [5.74, 6) is 6.15. The number of carbonyl (C=O) groups is 2. The molecule has 2 saturated heterocycles. The molecule has 0 aromatic heterocycles. The van der Waals surface area contributed by atoms with E-state index in [4.69, 9.17) is 0 Å². The van der Waals surface area contributed by atoms with E-state index >= 15 is 0 Å². The summed E-state index contributed by atoms with van der Waals surface area (Å²) in [6.07, 6.45) is 26.2. The summed E-state index contributed by atoms with van der Waals surface area (Å²) >= 11 is 0. The molecule has 6 saturated carbocycles. The zero-order valence-corrected chi connectivity index (χ0v) is 36.1. The molecule has 59 heavy (non-hydrogen) atoms. The summed E-state index contributed by atoms with van der Waals surface area (Å²) in [7, 11) is 0. The van der Waals surface area contributed by atoms with Crippen LogP contribution in [0.5, 0.6) is 0 Å². The van der Waals surface area contributed by atoms with E-state index in [-0.39, 0.29) is 12.0 Å². The van der Waals surface area contributed by atoms with Gasteiger partial charge in [0.2, 0.25) is 11.8 Å². The van der Waals surface area contributed by atoms with Crippen LogP contribution in [-0.2, 0) is 22.3 Å². The van der Waals surface area contributed by atoms with Crippen molar-refractivity contribution in [1.29, 1.82) is 0 Å². The lowest BCUT2D eigenvalue weighted by Crippen LogP contribution is -2.47. The predicted molar refractivity (Wildman–Crippen MR) is 229 cm³/mol. The number of hydrogen-bond acceptors (Lipinski definition) is 4. The molecule has 8 aliphatic rings. The highest BCUT2D eigenvalue weighted by Crippen LogP contribution is 2.44. The molecule has 6 aliphatic carbocycles. The number of fused-ring (bicyclic) bond motifs is 2. The first kappa shape index (κ1) is 43.5. The van der Waals surface area contributed by atoms with Crippen molar-refractivity contribution < 1.29 is 22.8 Å². The molecule has 2 aliphatic heterocycles. The Kier molecular flexibility index (Phi) is 15.0. The fourth-order valence-electron chi connectivity index (χ4n) is 14.3. The van der Waals surface area contributed by atoms with Crippen LogP contribution in [0.25, 0.3) is 0 Å². The number of nitrogens with one attached hydrogen (secondary N) is 3. The summed E-state index contributed by atoms with van der Waals surface area (Å²) in [5, 5.41) is 10.6. The molecule has 9 heteroatoms. The average molecular weight is 823 g/mol. The van der Waals surface area contributed by atoms with Crippen LogP contribution >= 0.6 is 0 Å². The number of alkyl halides is 3. The summed E-state index contributed by atoms with van der Waals surface area (Å²) in [6.45, 7) is 4.62. The van der Waals surface area contributed by atoms with Gasteiger partial charge >= 0.3 is 6.18 Å². The molecular formula is C50H77F3N4O2. The molecule has 8 fully saturated rings. The van der Waals surface area contributed by atoms with Gasteiger partial charge in [-0.15, -0.1) is 0 Å². The van der Waals surface area contributed by atoms with Crippen LogP contribution in [0.1, 0.15) is 165 Å². The lowest BCUT2D eigenvalue weighted by molar-refractivity contribution is -0.137. The second-order valence-corrected chi connectivity index (χ2v) is 20.9. The molecule has 1 aromatic rings. The Balaban J connectivity index is 0.000000176. The molecule has 0 radical (unpaired) electrons. The minimum Gasteiger partial charge on any atom is -0.353 e. The number of halogens is 3. The molecule has 0 unspecified atom stereocenters. The Morgan fingerprint density at radius 3 is 1.56 bits per heavy atom. The first-order chi connectivity index (χ1) is 28.7. The highest BCUT2D eigenvalue weighted by molar-refractivity contribution is 5.80. The normalized spacial score (nSPS) is 31.5. The monoisotopic (exact) mass is 823 g/mol. The highest BCUT2D eigenvalue weighted by Gasteiger charge is 2.46. The minimum absolute atomic E-state index is 0.178. The number of benzene rings is 1. The molecule has 1 aromatic carbocycles. The number of nitrogens with zero attached hydrogens (tertiary/aromatic N) is 1. The van der Waals surface area contributed by atoms with Gasteiger partial charge in [0, 0.05) is 50.1 Å². The van der Waals surface area contributed by atoms with Crippen molar-refractivity contribution in [1.82, 2.24) is 20.9 Å². The van der Waals surface area contributed by atoms with Gasteiger partial charge in [0.25, 0.3) is 0 Å². The van der Waals surface area contributed by atoms with Gasteiger partial charge in [0.05, 0.1) is 5.56 Å². The van der Waals surface area contributed by atoms with Crippen LogP contribution in [0, 0.1) is 59.2 Å². The van der Waals surface area contributed by atoms with Crippen molar-refractivity contribution in [3.63, 3.8) is 0 Å². The second kappa shape index (κ2) is 20.4. The maximum atomic E-state index is 13.8. The van der Waals surface area contributed by atoms with Crippen LogP contribution in [0.4, 0.5) is 13.2 Å². The average Bonchev–Trinajstić information content (AvgIpc) is 4.05. The molecule has 0 spiro atoms. The third-order valence-electron chi connectivity index (χ3n) is 17.2. The third kappa shape index (κ3) is 10.9. The summed E-state index contributed by atoms with van der Waals surface area (Å²) in [5.41, 5.74) is 0.144. The van der Waals surface area contributed by atoms with Crippen molar-refractivity contribution in [2.45, 2.75) is 179 Å². The molecule has 6 nitrogen and oxygen atoms in total. The largest absolute Gasteiger partial charge is 0.416 e. The first-order valence-electron chi connectivity index (χ1n) is 24.9. The summed E-state index contributed by atoms with van der Waals surface area (Å²) in [6, 6.07) is 6.40. The maximum Gasteiger partial charge on any atom is 0.416 e. The van der Waals surface area contributed by atoms with E-state index in [0.29, 0.717) is 71.7 Å². The minimum atomic E-state index is -4.31.